The Kier molecular flexibility index (Phi) is 3.44. The second-order valence-corrected chi connectivity index (χ2v) is 3.85. The van der Waals surface area contributed by atoms with Gasteiger partial charge in [0.15, 0.2) is 0 Å². The monoisotopic (exact) mass is 239 g/mol. The van der Waals surface area contributed by atoms with Crippen LogP contribution < -0.4 is 5.32 Å². The smallest absolute Gasteiger partial charge is 0.232 e. The van der Waals surface area contributed by atoms with Crippen LogP contribution in [0.5, 0.6) is 0 Å². The molecule has 0 aliphatic carbocycles. The number of rotatable bonds is 4. The molecule has 18 heavy (non-hydrogen) atoms. The van der Waals surface area contributed by atoms with E-state index in [0.29, 0.717) is 18.3 Å². The van der Waals surface area contributed by atoms with Crippen LogP contribution in [0.4, 0.5) is 5.88 Å². The van der Waals surface area contributed by atoms with Crippen molar-refractivity contribution in [3.8, 4) is 17.5 Å². The molecule has 0 bridgehead atoms. The molecular formula is C14H13N3O. The minimum atomic E-state index is 0.258. The topological polar surface area (TPSA) is 61.9 Å². The Bertz CT molecular complexity index is 608. The summed E-state index contributed by atoms with van der Waals surface area (Å²) in [6, 6.07) is 9.79. The van der Waals surface area contributed by atoms with E-state index in [1.807, 2.05) is 37.3 Å². The average Bonchev–Trinajstić information content (AvgIpc) is 2.79. The van der Waals surface area contributed by atoms with Crippen LogP contribution in [0.1, 0.15) is 11.3 Å². The molecule has 4 heteroatoms. The van der Waals surface area contributed by atoms with Crippen LogP contribution in [-0.2, 0) is 0 Å². The first-order valence-electron chi connectivity index (χ1n) is 5.57. The molecule has 0 aliphatic heterocycles. The molecule has 1 aromatic heterocycles. The highest BCUT2D eigenvalue weighted by Crippen LogP contribution is 2.25. The molecule has 2 aromatic rings. The highest BCUT2D eigenvalue weighted by atomic mass is 16.4. The van der Waals surface area contributed by atoms with Crippen molar-refractivity contribution < 1.29 is 4.42 Å². The van der Waals surface area contributed by atoms with Crippen molar-refractivity contribution in [3.05, 3.63) is 48.2 Å². The maximum atomic E-state index is 8.99. The predicted octanol–water partition coefficient (Wildman–Crippen LogP) is 3.12. The summed E-state index contributed by atoms with van der Waals surface area (Å²) in [5.74, 6) is 0.829. The number of hydrogen-bond donors (Lipinski definition) is 1. The molecule has 0 amide bonds. The molecule has 0 aliphatic rings. The number of nitrogens with zero attached hydrogens (tertiary/aromatic N) is 2. The van der Waals surface area contributed by atoms with Gasteiger partial charge in [0.2, 0.25) is 17.5 Å². The van der Waals surface area contributed by atoms with E-state index in [1.54, 1.807) is 6.08 Å². The van der Waals surface area contributed by atoms with Gasteiger partial charge >= 0.3 is 0 Å². The van der Waals surface area contributed by atoms with Crippen LogP contribution in [0.25, 0.3) is 11.5 Å². The third kappa shape index (κ3) is 2.41. The molecule has 90 valence electrons. The Morgan fingerprint density at radius 2 is 2.39 bits per heavy atom. The molecule has 0 saturated heterocycles. The molecule has 0 spiro atoms. The summed E-state index contributed by atoms with van der Waals surface area (Å²) < 4.78 is 5.56. The van der Waals surface area contributed by atoms with Gasteiger partial charge < -0.3 is 9.73 Å². The van der Waals surface area contributed by atoms with E-state index in [2.05, 4.69) is 16.9 Å². The molecular weight excluding hydrogens is 226 g/mol. The number of benzene rings is 1. The van der Waals surface area contributed by atoms with Crippen LogP contribution in [0.2, 0.25) is 0 Å². The number of anilines is 1. The summed E-state index contributed by atoms with van der Waals surface area (Å²) in [6.45, 7) is 6.12. The SMILES string of the molecule is C=CCNc1oc(-c2cccc(C)c2)nc1C#N. The standard InChI is InChI=1S/C14H13N3O/c1-3-7-16-14-12(9-15)17-13(18-14)11-6-4-5-10(2)8-11/h3-6,8,16H,1,7H2,2H3. The summed E-state index contributed by atoms with van der Waals surface area (Å²) in [6.07, 6.45) is 1.69. The van der Waals surface area contributed by atoms with E-state index in [-0.39, 0.29) is 5.69 Å². The predicted molar refractivity (Wildman–Crippen MR) is 70.1 cm³/mol. The number of hydrogen-bond acceptors (Lipinski definition) is 4. The molecule has 0 radical (unpaired) electrons. The van der Waals surface area contributed by atoms with Crippen molar-refractivity contribution in [2.45, 2.75) is 6.92 Å². The van der Waals surface area contributed by atoms with Gasteiger partial charge in [-0.1, -0.05) is 23.8 Å². The van der Waals surface area contributed by atoms with E-state index < -0.39 is 0 Å². The highest BCUT2D eigenvalue weighted by molar-refractivity contribution is 5.59. The van der Waals surface area contributed by atoms with Crippen molar-refractivity contribution in [2.75, 3.05) is 11.9 Å². The molecule has 1 heterocycles. The van der Waals surface area contributed by atoms with Gasteiger partial charge in [-0.15, -0.1) is 6.58 Å². The van der Waals surface area contributed by atoms with Crippen molar-refractivity contribution in [2.24, 2.45) is 0 Å². The lowest BCUT2D eigenvalue weighted by Crippen LogP contribution is -1.97. The van der Waals surface area contributed by atoms with E-state index in [4.69, 9.17) is 9.68 Å². The fraction of sp³-hybridized carbons (Fsp3) is 0.143. The van der Waals surface area contributed by atoms with E-state index >= 15 is 0 Å². The normalized spacial score (nSPS) is 9.78. The summed E-state index contributed by atoms with van der Waals surface area (Å²) in [4.78, 5) is 4.17. The number of nitriles is 1. The van der Waals surface area contributed by atoms with Crippen molar-refractivity contribution in [1.29, 1.82) is 5.26 Å². The van der Waals surface area contributed by atoms with Crippen LogP contribution in [0.3, 0.4) is 0 Å². The van der Waals surface area contributed by atoms with Crippen LogP contribution in [0, 0.1) is 18.3 Å². The molecule has 2 rings (SSSR count). The van der Waals surface area contributed by atoms with Gasteiger partial charge in [0, 0.05) is 12.1 Å². The van der Waals surface area contributed by atoms with Gasteiger partial charge in [-0.2, -0.15) is 10.2 Å². The fourth-order valence-corrected chi connectivity index (χ4v) is 1.58. The fourth-order valence-electron chi connectivity index (χ4n) is 1.58. The zero-order valence-corrected chi connectivity index (χ0v) is 10.1. The molecule has 0 unspecified atom stereocenters. The van der Waals surface area contributed by atoms with Crippen LogP contribution >= 0.6 is 0 Å². The van der Waals surface area contributed by atoms with Gasteiger partial charge in [-0.25, -0.2) is 0 Å². The second-order valence-electron chi connectivity index (χ2n) is 3.85. The van der Waals surface area contributed by atoms with Gasteiger partial charge in [-0.05, 0) is 19.1 Å². The lowest BCUT2D eigenvalue weighted by atomic mass is 10.1. The summed E-state index contributed by atoms with van der Waals surface area (Å²) >= 11 is 0. The van der Waals surface area contributed by atoms with E-state index in [9.17, 15) is 0 Å². The first-order valence-corrected chi connectivity index (χ1v) is 5.57. The minimum absolute atomic E-state index is 0.258. The number of oxazole rings is 1. The van der Waals surface area contributed by atoms with Gasteiger partial charge in [0.25, 0.3) is 0 Å². The zero-order chi connectivity index (χ0) is 13.0. The van der Waals surface area contributed by atoms with Crippen molar-refractivity contribution in [1.82, 2.24) is 4.98 Å². The Hall–Kier alpha value is -2.54. The third-order valence-corrected chi connectivity index (χ3v) is 2.41. The van der Waals surface area contributed by atoms with E-state index in [1.165, 1.54) is 0 Å². The maximum absolute atomic E-state index is 8.99. The molecule has 1 N–H and O–H groups in total. The largest absolute Gasteiger partial charge is 0.419 e. The number of aryl methyl sites for hydroxylation is 1. The molecule has 0 atom stereocenters. The Morgan fingerprint density at radius 1 is 1.56 bits per heavy atom. The lowest BCUT2D eigenvalue weighted by molar-refractivity contribution is 0.587. The average molecular weight is 239 g/mol. The van der Waals surface area contributed by atoms with Crippen molar-refractivity contribution in [3.63, 3.8) is 0 Å². The van der Waals surface area contributed by atoms with E-state index in [0.717, 1.165) is 11.1 Å². The Balaban J connectivity index is 2.38. The molecule has 0 saturated carbocycles. The summed E-state index contributed by atoms with van der Waals surface area (Å²) in [5.41, 5.74) is 2.23. The Morgan fingerprint density at radius 3 is 3.06 bits per heavy atom. The van der Waals surface area contributed by atoms with Crippen LogP contribution in [-0.4, -0.2) is 11.5 Å². The Labute approximate surface area is 106 Å². The summed E-state index contributed by atoms with van der Waals surface area (Å²) in [5, 5.41) is 11.9. The quantitative estimate of drug-likeness (QED) is 0.833. The second kappa shape index (κ2) is 5.19. The highest BCUT2D eigenvalue weighted by Gasteiger charge is 2.13. The van der Waals surface area contributed by atoms with Gasteiger partial charge in [0.05, 0.1) is 0 Å². The third-order valence-electron chi connectivity index (χ3n) is 2.41. The van der Waals surface area contributed by atoms with Crippen molar-refractivity contribution >= 4 is 5.88 Å². The first-order chi connectivity index (χ1) is 8.74. The van der Waals surface area contributed by atoms with Crippen LogP contribution in [0.15, 0.2) is 41.3 Å². The lowest BCUT2D eigenvalue weighted by Gasteiger charge is -1.98. The minimum Gasteiger partial charge on any atom is -0.419 e. The zero-order valence-electron chi connectivity index (χ0n) is 10.1. The summed E-state index contributed by atoms with van der Waals surface area (Å²) in [7, 11) is 0. The maximum Gasteiger partial charge on any atom is 0.232 e. The molecule has 0 fully saturated rings. The molecule has 1 aromatic carbocycles. The van der Waals surface area contributed by atoms with Gasteiger partial charge in [-0.3, -0.25) is 0 Å². The molecule has 4 nitrogen and oxygen atoms in total. The first kappa shape index (κ1) is 11.9. The number of aromatic nitrogens is 1. The van der Waals surface area contributed by atoms with Gasteiger partial charge in [0.1, 0.15) is 6.07 Å². The number of nitrogens with one attached hydrogen (secondary N) is 1.